The Hall–Kier alpha value is -3.09. The maximum atomic E-state index is 12.3. The van der Waals surface area contributed by atoms with Crippen LogP contribution in [0.2, 0.25) is 0 Å². The van der Waals surface area contributed by atoms with Gasteiger partial charge in [0, 0.05) is 31.0 Å². The molecule has 1 aromatic heterocycles. The Morgan fingerprint density at radius 1 is 1.35 bits per heavy atom. The molecule has 23 heavy (non-hydrogen) atoms. The number of rotatable bonds is 3. The second kappa shape index (κ2) is 5.60. The molecule has 0 saturated carbocycles. The molecule has 1 aromatic carbocycles. The lowest BCUT2D eigenvalue weighted by atomic mass is 9.97. The first-order valence-electron chi connectivity index (χ1n) is 7.14. The molecule has 0 unspecified atom stereocenters. The zero-order valence-corrected chi connectivity index (χ0v) is 12.6. The van der Waals surface area contributed by atoms with E-state index in [-0.39, 0.29) is 17.2 Å². The number of nitrogens with zero attached hydrogens (tertiary/aromatic N) is 1. The van der Waals surface area contributed by atoms with Gasteiger partial charge in [-0.05, 0) is 30.2 Å². The molecule has 0 saturated heterocycles. The standard InChI is InChI=1S/C16H16N4O3/c1-20-6-5-10-11(16(20)23)3-2-4-12(10)19-15(22)13-7-9(8-18-13)14(17)21/h2-4,7-8,18H,5-6H2,1H3,(H2,17,21)(H,19,22). The maximum absolute atomic E-state index is 12.3. The predicted octanol–water partition coefficient (Wildman–Crippen LogP) is 0.994. The van der Waals surface area contributed by atoms with Gasteiger partial charge in [0.1, 0.15) is 5.69 Å². The van der Waals surface area contributed by atoms with Crippen molar-refractivity contribution in [2.24, 2.45) is 5.73 Å². The largest absolute Gasteiger partial charge is 0.366 e. The van der Waals surface area contributed by atoms with Crippen LogP contribution in [-0.2, 0) is 6.42 Å². The third-order valence-electron chi connectivity index (χ3n) is 3.91. The average molecular weight is 312 g/mol. The Kier molecular flexibility index (Phi) is 3.61. The third kappa shape index (κ3) is 2.68. The molecule has 3 amide bonds. The highest BCUT2D eigenvalue weighted by atomic mass is 16.2. The van der Waals surface area contributed by atoms with Crippen LogP contribution >= 0.6 is 0 Å². The minimum atomic E-state index is -0.606. The molecule has 7 heteroatoms. The van der Waals surface area contributed by atoms with E-state index < -0.39 is 11.8 Å². The Morgan fingerprint density at radius 2 is 2.13 bits per heavy atom. The Labute approximate surface area is 132 Å². The normalized spacial score (nSPS) is 13.6. The number of fused-ring (bicyclic) bond motifs is 1. The van der Waals surface area contributed by atoms with Gasteiger partial charge in [-0.25, -0.2) is 0 Å². The van der Waals surface area contributed by atoms with E-state index in [0.29, 0.717) is 24.2 Å². The molecule has 0 aliphatic carbocycles. The summed E-state index contributed by atoms with van der Waals surface area (Å²) in [7, 11) is 1.75. The van der Waals surface area contributed by atoms with Crippen molar-refractivity contribution in [2.75, 3.05) is 18.9 Å². The lowest BCUT2D eigenvalue weighted by Crippen LogP contribution is -2.34. The van der Waals surface area contributed by atoms with Crippen molar-refractivity contribution in [3.63, 3.8) is 0 Å². The molecular formula is C16H16N4O3. The number of aromatic amines is 1. The summed E-state index contributed by atoms with van der Waals surface area (Å²) in [4.78, 5) is 39.9. The zero-order chi connectivity index (χ0) is 16.6. The summed E-state index contributed by atoms with van der Waals surface area (Å²) in [6.07, 6.45) is 2.06. The van der Waals surface area contributed by atoms with Gasteiger partial charge in [0.2, 0.25) is 5.91 Å². The van der Waals surface area contributed by atoms with Gasteiger partial charge in [-0.1, -0.05) is 6.07 Å². The van der Waals surface area contributed by atoms with Crippen LogP contribution < -0.4 is 11.1 Å². The van der Waals surface area contributed by atoms with Gasteiger partial charge < -0.3 is 20.9 Å². The first kappa shape index (κ1) is 14.8. The highest BCUT2D eigenvalue weighted by Crippen LogP contribution is 2.26. The number of hydrogen-bond acceptors (Lipinski definition) is 3. The van der Waals surface area contributed by atoms with E-state index in [1.807, 2.05) is 0 Å². The van der Waals surface area contributed by atoms with Crippen LogP contribution in [0.1, 0.15) is 36.8 Å². The second-order valence-corrected chi connectivity index (χ2v) is 5.43. The van der Waals surface area contributed by atoms with E-state index in [2.05, 4.69) is 10.3 Å². The number of primary amides is 1. The third-order valence-corrected chi connectivity index (χ3v) is 3.91. The number of carbonyl (C=O) groups is 3. The van der Waals surface area contributed by atoms with Crippen LogP contribution in [0.4, 0.5) is 5.69 Å². The number of amides is 3. The second-order valence-electron chi connectivity index (χ2n) is 5.43. The number of hydrogen-bond donors (Lipinski definition) is 3. The summed E-state index contributed by atoms with van der Waals surface area (Å²) < 4.78 is 0. The fourth-order valence-electron chi connectivity index (χ4n) is 2.62. The molecule has 0 fully saturated rings. The first-order valence-corrected chi connectivity index (χ1v) is 7.14. The molecule has 118 valence electrons. The Morgan fingerprint density at radius 3 is 2.83 bits per heavy atom. The van der Waals surface area contributed by atoms with Crippen LogP contribution in [0, 0.1) is 0 Å². The topological polar surface area (TPSA) is 108 Å². The zero-order valence-electron chi connectivity index (χ0n) is 12.6. The van der Waals surface area contributed by atoms with Crippen molar-refractivity contribution in [3.05, 3.63) is 52.8 Å². The smallest absolute Gasteiger partial charge is 0.272 e. The van der Waals surface area contributed by atoms with Gasteiger partial charge >= 0.3 is 0 Å². The van der Waals surface area contributed by atoms with Crippen LogP contribution in [0.3, 0.4) is 0 Å². The molecule has 0 atom stereocenters. The first-order chi connectivity index (χ1) is 11.0. The monoisotopic (exact) mass is 312 g/mol. The van der Waals surface area contributed by atoms with E-state index in [0.717, 1.165) is 5.56 Å². The summed E-state index contributed by atoms with van der Waals surface area (Å²) in [5.41, 5.74) is 7.66. The van der Waals surface area contributed by atoms with Crippen LogP contribution in [-0.4, -0.2) is 41.2 Å². The summed E-state index contributed by atoms with van der Waals surface area (Å²) in [6.45, 7) is 0.604. The number of nitrogens with one attached hydrogen (secondary N) is 2. The van der Waals surface area contributed by atoms with Crippen molar-refractivity contribution in [1.29, 1.82) is 0 Å². The molecule has 1 aliphatic heterocycles. The SMILES string of the molecule is CN1CCc2c(NC(=O)c3cc(C(N)=O)c[nH]3)cccc2C1=O. The van der Waals surface area contributed by atoms with Crippen molar-refractivity contribution < 1.29 is 14.4 Å². The van der Waals surface area contributed by atoms with E-state index in [9.17, 15) is 14.4 Å². The summed E-state index contributed by atoms with van der Waals surface area (Å²) in [6, 6.07) is 6.64. The number of likely N-dealkylation sites (N-methyl/N-ethyl adjacent to an activating group) is 1. The molecular weight excluding hydrogens is 296 g/mol. The van der Waals surface area contributed by atoms with Gasteiger partial charge in [-0.3, -0.25) is 14.4 Å². The molecule has 2 heterocycles. The number of aromatic nitrogens is 1. The van der Waals surface area contributed by atoms with E-state index in [1.165, 1.54) is 12.3 Å². The number of carbonyl (C=O) groups excluding carboxylic acids is 3. The molecule has 7 nitrogen and oxygen atoms in total. The van der Waals surface area contributed by atoms with Crippen molar-refractivity contribution in [3.8, 4) is 0 Å². The molecule has 2 aromatic rings. The predicted molar refractivity (Wildman–Crippen MR) is 84.4 cm³/mol. The summed E-state index contributed by atoms with van der Waals surface area (Å²) >= 11 is 0. The molecule has 0 radical (unpaired) electrons. The van der Waals surface area contributed by atoms with Crippen LogP contribution in [0.5, 0.6) is 0 Å². The Bertz CT molecular complexity index is 809. The summed E-state index contributed by atoms with van der Waals surface area (Å²) in [5.74, 6) is -1.05. The molecule has 0 spiro atoms. The fraction of sp³-hybridized carbons (Fsp3) is 0.188. The number of benzene rings is 1. The fourth-order valence-corrected chi connectivity index (χ4v) is 2.62. The number of anilines is 1. The highest BCUT2D eigenvalue weighted by Gasteiger charge is 2.24. The maximum Gasteiger partial charge on any atom is 0.272 e. The minimum absolute atomic E-state index is 0.0572. The lowest BCUT2D eigenvalue weighted by molar-refractivity contribution is 0.0780. The van der Waals surface area contributed by atoms with E-state index >= 15 is 0 Å². The molecule has 0 bridgehead atoms. The molecule has 4 N–H and O–H groups in total. The van der Waals surface area contributed by atoms with Crippen molar-refractivity contribution >= 4 is 23.4 Å². The number of H-pyrrole nitrogens is 1. The Balaban J connectivity index is 1.87. The van der Waals surface area contributed by atoms with Gasteiger partial charge in [0.05, 0.1) is 5.56 Å². The van der Waals surface area contributed by atoms with E-state index in [4.69, 9.17) is 5.73 Å². The van der Waals surface area contributed by atoms with Gasteiger partial charge in [-0.15, -0.1) is 0 Å². The van der Waals surface area contributed by atoms with E-state index in [1.54, 1.807) is 30.1 Å². The number of nitrogens with two attached hydrogens (primary N) is 1. The van der Waals surface area contributed by atoms with Crippen molar-refractivity contribution in [1.82, 2.24) is 9.88 Å². The summed E-state index contributed by atoms with van der Waals surface area (Å²) in [5, 5.41) is 2.78. The lowest BCUT2D eigenvalue weighted by Gasteiger charge is -2.26. The van der Waals surface area contributed by atoms with Gasteiger partial charge in [-0.2, -0.15) is 0 Å². The van der Waals surface area contributed by atoms with Gasteiger partial charge in [0.15, 0.2) is 0 Å². The molecule has 1 aliphatic rings. The van der Waals surface area contributed by atoms with Crippen molar-refractivity contribution in [2.45, 2.75) is 6.42 Å². The van der Waals surface area contributed by atoms with Crippen LogP contribution in [0.15, 0.2) is 30.5 Å². The minimum Gasteiger partial charge on any atom is -0.366 e. The quantitative estimate of drug-likeness (QED) is 0.786. The average Bonchev–Trinajstić information content (AvgIpc) is 3.02. The highest BCUT2D eigenvalue weighted by molar-refractivity contribution is 6.06. The van der Waals surface area contributed by atoms with Crippen LogP contribution in [0.25, 0.3) is 0 Å². The van der Waals surface area contributed by atoms with Gasteiger partial charge in [0.25, 0.3) is 11.8 Å². The molecule has 3 rings (SSSR count).